The molecule has 0 heterocycles. The van der Waals surface area contributed by atoms with Crippen LogP contribution < -0.4 is 0 Å². The first-order valence-corrected chi connectivity index (χ1v) is 20.3. The smallest absolute Gasteiger partial charge is 0.305 e. The second-order valence-electron chi connectivity index (χ2n) is 13.6. The molecule has 0 unspecified atom stereocenters. The zero-order chi connectivity index (χ0) is 35.9. The van der Waals surface area contributed by atoms with E-state index in [0.717, 1.165) is 64.2 Å². The zero-order valence-electron chi connectivity index (χ0n) is 31.8. The summed E-state index contributed by atoms with van der Waals surface area (Å²) < 4.78 is 10.3. The Morgan fingerprint density at radius 2 is 0.837 bits per heavy atom. The highest BCUT2D eigenvalue weighted by atomic mass is 16.6. The maximum Gasteiger partial charge on any atom is 0.305 e. The van der Waals surface area contributed by atoms with Gasteiger partial charge in [0.25, 0.3) is 0 Å². The van der Waals surface area contributed by atoms with Gasteiger partial charge in [-0.05, 0) is 57.8 Å². The summed E-state index contributed by atoms with van der Waals surface area (Å²) in [5.41, 5.74) is 0. The topological polar surface area (TPSA) is 93.1 Å². The van der Waals surface area contributed by atoms with Gasteiger partial charge in [-0.3, -0.25) is 9.59 Å². The molecule has 2 atom stereocenters. The van der Waals surface area contributed by atoms with Crippen molar-refractivity contribution in [3.05, 3.63) is 48.6 Å². The lowest BCUT2D eigenvalue weighted by Crippen LogP contribution is -2.25. The number of ether oxygens (including phenoxy) is 2. The highest BCUT2D eigenvalue weighted by Gasteiger charge is 2.12. The van der Waals surface area contributed by atoms with Crippen LogP contribution in [0.3, 0.4) is 0 Å². The van der Waals surface area contributed by atoms with Gasteiger partial charge in [0.1, 0.15) is 19.3 Å². The number of rotatable bonds is 36. The maximum absolute atomic E-state index is 12.0. The van der Waals surface area contributed by atoms with Gasteiger partial charge in [0.15, 0.2) is 0 Å². The molecule has 0 fully saturated rings. The van der Waals surface area contributed by atoms with Gasteiger partial charge in [-0.2, -0.15) is 0 Å². The van der Waals surface area contributed by atoms with Gasteiger partial charge in [-0.1, -0.05) is 165 Å². The molecule has 0 rings (SSSR count). The molecule has 6 nitrogen and oxygen atoms in total. The first-order chi connectivity index (χ1) is 24.0. The van der Waals surface area contributed by atoms with E-state index >= 15 is 0 Å². The molecule has 0 aliphatic heterocycles. The highest BCUT2D eigenvalue weighted by Crippen LogP contribution is 2.14. The van der Waals surface area contributed by atoms with Crippen LogP contribution in [0.15, 0.2) is 48.6 Å². The van der Waals surface area contributed by atoms with E-state index in [4.69, 9.17) is 9.47 Å². The standard InChI is InChI=1S/C43H76O6/c1-3-5-6-7-8-9-10-11-12-13-14-18-21-24-27-30-33-36-42(46)48-38-41(45)39-49-43(47)37-34-31-28-25-22-19-16-15-17-20-23-26-29-32-35-40(44)4-2/h16-17,19-20,25-26,28-29,40-41,44-45H,3-15,18,21-24,27,30-39H2,1-2H3/b19-16-,20-17-,28-25-,29-26-/t40-,41-/m0/s1. The molecule has 0 saturated heterocycles. The molecule has 0 saturated carbocycles. The molecule has 0 spiro atoms. The zero-order valence-corrected chi connectivity index (χ0v) is 31.8. The molecule has 0 aromatic heterocycles. The van der Waals surface area contributed by atoms with Gasteiger partial charge in [0.05, 0.1) is 6.10 Å². The van der Waals surface area contributed by atoms with Crippen molar-refractivity contribution in [3.63, 3.8) is 0 Å². The number of hydrogen-bond donors (Lipinski definition) is 2. The van der Waals surface area contributed by atoms with Gasteiger partial charge < -0.3 is 19.7 Å². The van der Waals surface area contributed by atoms with Crippen molar-refractivity contribution in [2.45, 2.75) is 199 Å². The largest absolute Gasteiger partial charge is 0.463 e. The molecule has 0 amide bonds. The Labute approximate surface area is 301 Å². The summed E-state index contributed by atoms with van der Waals surface area (Å²) in [6.07, 6.45) is 45.4. The number of esters is 2. The summed E-state index contributed by atoms with van der Waals surface area (Å²) >= 11 is 0. The molecule has 284 valence electrons. The second kappa shape index (κ2) is 38.6. The van der Waals surface area contributed by atoms with Crippen LogP contribution in [0.4, 0.5) is 0 Å². The maximum atomic E-state index is 12.0. The molecule has 0 bridgehead atoms. The number of aliphatic hydroxyl groups is 2. The van der Waals surface area contributed by atoms with Crippen molar-refractivity contribution in [3.8, 4) is 0 Å². The molecule has 2 N–H and O–H groups in total. The molecule has 49 heavy (non-hydrogen) atoms. The number of aliphatic hydroxyl groups excluding tert-OH is 2. The average molecular weight is 689 g/mol. The molecule has 0 aromatic rings. The number of allylic oxidation sites excluding steroid dienone is 8. The van der Waals surface area contributed by atoms with Gasteiger partial charge in [-0.25, -0.2) is 0 Å². The molecular weight excluding hydrogens is 612 g/mol. The summed E-state index contributed by atoms with van der Waals surface area (Å²) in [4.78, 5) is 23.9. The molecule has 0 aliphatic rings. The Balaban J connectivity index is 3.53. The fraction of sp³-hybridized carbons (Fsp3) is 0.767. The summed E-state index contributed by atoms with van der Waals surface area (Å²) in [6, 6.07) is 0. The lowest BCUT2D eigenvalue weighted by molar-refractivity contribution is -0.152. The van der Waals surface area contributed by atoms with Crippen molar-refractivity contribution < 1.29 is 29.3 Å². The number of hydrogen-bond acceptors (Lipinski definition) is 6. The quantitative estimate of drug-likeness (QED) is 0.0387. The number of carbonyl (C=O) groups is 2. The average Bonchev–Trinajstić information content (AvgIpc) is 3.10. The minimum atomic E-state index is -0.994. The molecule has 0 aliphatic carbocycles. The minimum Gasteiger partial charge on any atom is -0.463 e. The van der Waals surface area contributed by atoms with E-state index in [1.807, 2.05) is 6.92 Å². The third-order valence-corrected chi connectivity index (χ3v) is 8.73. The highest BCUT2D eigenvalue weighted by molar-refractivity contribution is 5.69. The predicted molar refractivity (Wildman–Crippen MR) is 206 cm³/mol. The third kappa shape index (κ3) is 38.5. The van der Waals surface area contributed by atoms with E-state index in [1.54, 1.807) is 0 Å². The molecule has 0 radical (unpaired) electrons. The molecular formula is C43H76O6. The summed E-state index contributed by atoms with van der Waals surface area (Å²) in [5, 5.41) is 19.5. The van der Waals surface area contributed by atoms with Crippen molar-refractivity contribution in [1.82, 2.24) is 0 Å². The van der Waals surface area contributed by atoms with Crippen LogP contribution in [-0.4, -0.2) is 47.6 Å². The van der Waals surface area contributed by atoms with Crippen molar-refractivity contribution in [2.24, 2.45) is 0 Å². The second-order valence-corrected chi connectivity index (χ2v) is 13.6. The van der Waals surface area contributed by atoms with Crippen LogP contribution in [-0.2, 0) is 19.1 Å². The van der Waals surface area contributed by atoms with Gasteiger partial charge >= 0.3 is 11.9 Å². The van der Waals surface area contributed by atoms with Crippen molar-refractivity contribution >= 4 is 11.9 Å². The summed E-state index contributed by atoms with van der Waals surface area (Å²) in [6.45, 7) is 3.98. The lowest BCUT2D eigenvalue weighted by atomic mass is 10.0. The number of unbranched alkanes of at least 4 members (excludes halogenated alkanes) is 17. The first-order valence-electron chi connectivity index (χ1n) is 20.3. The van der Waals surface area contributed by atoms with Crippen LogP contribution in [0.1, 0.15) is 187 Å². The van der Waals surface area contributed by atoms with Crippen LogP contribution >= 0.6 is 0 Å². The third-order valence-electron chi connectivity index (χ3n) is 8.73. The van der Waals surface area contributed by atoms with E-state index in [0.29, 0.717) is 19.3 Å². The van der Waals surface area contributed by atoms with Crippen molar-refractivity contribution in [2.75, 3.05) is 13.2 Å². The van der Waals surface area contributed by atoms with E-state index in [-0.39, 0.29) is 31.3 Å². The van der Waals surface area contributed by atoms with E-state index < -0.39 is 6.10 Å². The fourth-order valence-corrected chi connectivity index (χ4v) is 5.47. The summed E-state index contributed by atoms with van der Waals surface area (Å²) in [5.74, 6) is -0.643. The van der Waals surface area contributed by atoms with Crippen LogP contribution in [0.25, 0.3) is 0 Å². The monoisotopic (exact) mass is 689 g/mol. The van der Waals surface area contributed by atoms with Crippen LogP contribution in [0.2, 0.25) is 0 Å². The lowest BCUT2D eigenvalue weighted by Gasteiger charge is -2.12. The van der Waals surface area contributed by atoms with Crippen LogP contribution in [0.5, 0.6) is 0 Å². The Morgan fingerprint density at radius 1 is 0.469 bits per heavy atom. The Hall–Kier alpha value is -2.18. The normalized spacial score (nSPS) is 13.3. The van der Waals surface area contributed by atoms with Crippen LogP contribution in [0, 0.1) is 0 Å². The molecule has 0 aromatic carbocycles. The summed E-state index contributed by atoms with van der Waals surface area (Å²) in [7, 11) is 0. The predicted octanol–water partition coefficient (Wildman–Crippen LogP) is 11.6. The van der Waals surface area contributed by atoms with Gasteiger partial charge in [0.2, 0.25) is 0 Å². The van der Waals surface area contributed by atoms with Gasteiger partial charge in [0, 0.05) is 12.8 Å². The Morgan fingerprint density at radius 3 is 1.27 bits per heavy atom. The fourth-order valence-electron chi connectivity index (χ4n) is 5.47. The first kappa shape index (κ1) is 46.8. The minimum absolute atomic E-state index is 0.140. The van der Waals surface area contributed by atoms with E-state index in [2.05, 4.69) is 55.5 Å². The number of carbonyl (C=O) groups excluding carboxylic acids is 2. The van der Waals surface area contributed by atoms with E-state index in [9.17, 15) is 19.8 Å². The van der Waals surface area contributed by atoms with E-state index in [1.165, 1.54) is 89.9 Å². The van der Waals surface area contributed by atoms with Gasteiger partial charge in [-0.15, -0.1) is 0 Å². The Bertz CT molecular complexity index is 845. The SMILES string of the molecule is CCCCCCCCCCCCCCCCCCCC(=O)OC[C@H](O)COC(=O)CCC/C=C\C/C=C\C/C=C\C/C=C\CC[C@@H](O)CC. The molecule has 6 heteroatoms. The van der Waals surface area contributed by atoms with Crippen molar-refractivity contribution in [1.29, 1.82) is 0 Å². The Kier molecular flexibility index (Phi) is 36.9.